The largest absolute Gasteiger partial charge is 0.481 e. The van der Waals surface area contributed by atoms with Crippen LogP contribution in [0.3, 0.4) is 0 Å². The average Bonchev–Trinajstić information content (AvgIpc) is 2.33. The number of aliphatic carboxylic acids is 1. The first-order valence-electron chi connectivity index (χ1n) is 6.70. The lowest BCUT2D eigenvalue weighted by Crippen LogP contribution is -2.47. The van der Waals surface area contributed by atoms with Crippen LogP contribution in [0, 0.1) is 5.92 Å². The predicted molar refractivity (Wildman–Crippen MR) is 78.1 cm³/mol. The van der Waals surface area contributed by atoms with Crippen molar-refractivity contribution >= 4 is 21.9 Å². The number of rotatable bonds is 1. The van der Waals surface area contributed by atoms with Crippen LogP contribution in [-0.4, -0.2) is 23.4 Å². The standard InChI is InChI=1S/C15H16BrF3O3/c1-14(2,3)9-6-11-7(5-10(9)16)4-8(13(20)21)12(22-11)15(17,18)19/h5-6,8,12H,4H2,1-3H3,(H,20,21)/t8-,12+/m1/s1. The second-order valence-electron chi connectivity index (χ2n) is 6.42. The second kappa shape index (κ2) is 5.44. The third-order valence-corrected chi connectivity index (χ3v) is 4.31. The van der Waals surface area contributed by atoms with Gasteiger partial charge in [0.15, 0.2) is 0 Å². The van der Waals surface area contributed by atoms with Crippen LogP contribution in [0.1, 0.15) is 31.9 Å². The molecule has 122 valence electrons. The Bertz CT molecular complexity index is 605. The maximum atomic E-state index is 13.1. The lowest BCUT2D eigenvalue weighted by molar-refractivity contribution is -0.217. The normalized spacial score (nSPS) is 22.0. The van der Waals surface area contributed by atoms with Crippen molar-refractivity contribution in [1.29, 1.82) is 0 Å². The zero-order valence-corrected chi connectivity index (χ0v) is 13.9. The first-order chi connectivity index (χ1) is 9.91. The van der Waals surface area contributed by atoms with E-state index >= 15 is 0 Å². The molecule has 1 aliphatic heterocycles. The van der Waals surface area contributed by atoms with Crippen LogP contribution in [0.2, 0.25) is 0 Å². The molecule has 0 saturated heterocycles. The van der Waals surface area contributed by atoms with E-state index in [9.17, 15) is 18.0 Å². The van der Waals surface area contributed by atoms with Crippen LogP contribution in [0.5, 0.6) is 5.75 Å². The van der Waals surface area contributed by atoms with E-state index in [4.69, 9.17) is 9.84 Å². The van der Waals surface area contributed by atoms with Gasteiger partial charge in [-0.05, 0) is 35.1 Å². The number of carboxylic acids is 1. The van der Waals surface area contributed by atoms with Gasteiger partial charge in [0.1, 0.15) is 11.7 Å². The van der Waals surface area contributed by atoms with E-state index in [1.54, 1.807) is 12.1 Å². The summed E-state index contributed by atoms with van der Waals surface area (Å²) in [6, 6.07) is 3.22. The molecule has 0 bridgehead atoms. The number of carbonyl (C=O) groups is 1. The summed E-state index contributed by atoms with van der Waals surface area (Å²) in [6.07, 6.45) is -7.26. The fraction of sp³-hybridized carbons (Fsp3) is 0.533. The number of hydrogen-bond acceptors (Lipinski definition) is 2. The van der Waals surface area contributed by atoms with Gasteiger partial charge < -0.3 is 9.84 Å². The summed E-state index contributed by atoms with van der Waals surface area (Å²) in [7, 11) is 0. The molecular formula is C15H16BrF3O3. The summed E-state index contributed by atoms with van der Waals surface area (Å²) in [5, 5.41) is 9.06. The second-order valence-corrected chi connectivity index (χ2v) is 7.27. The SMILES string of the molecule is CC(C)(C)c1cc2c(cc1Br)C[C@@H](C(=O)O)[C@@H](C(F)(F)F)O2. The number of alkyl halides is 3. The lowest BCUT2D eigenvalue weighted by Gasteiger charge is -2.34. The van der Waals surface area contributed by atoms with E-state index in [-0.39, 0.29) is 17.6 Å². The highest BCUT2D eigenvalue weighted by atomic mass is 79.9. The molecule has 1 aliphatic rings. The highest BCUT2D eigenvalue weighted by Crippen LogP contribution is 2.42. The number of benzene rings is 1. The predicted octanol–water partition coefficient (Wildman–Crippen LogP) is 4.31. The van der Waals surface area contributed by atoms with Gasteiger partial charge in [-0.1, -0.05) is 36.7 Å². The summed E-state index contributed by atoms with van der Waals surface area (Å²) in [6.45, 7) is 5.80. The Labute approximate surface area is 134 Å². The van der Waals surface area contributed by atoms with Gasteiger partial charge in [0.05, 0.1) is 0 Å². The average molecular weight is 381 g/mol. The summed E-state index contributed by atoms with van der Waals surface area (Å²) in [5.74, 6) is -3.04. The fourth-order valence-electron chi connectivity index (χ4n) is 2.51. The van der Waals surface area contributed by atoms with E-state index in [0.29, 0.717) is 5.56 Å². The first-order valence-corrected chi connectivity index (χ1v) is 7.49. The van der Waals surface area contributed by atoms with Gasteiger partial charge in [-0.25, -0.2) is 0 Å². The molecule has 1 heterocycles. The topological polar surface area (TPSA) is 46.5 Å². The Hall–Kier alpha value is -1.24. The highest BCUT2D eigenvalue weighted by molar-refractivity contribution is 9.10. The molecule has 0 saturated carbocycles. The summed E-state index contributed by atoms with van der Waals surface area (Å²) < 4.78 is 45.0. The van der Waals surface area contributed by atoms with Gasteiger partial charge in [0.2, 0.25) is 6.10 Å². The van der Waals surface area contributed by atoms with Crippen LogP contribution < -0.4 is 4.74 Å². The maximum Gasteiger partial charge on any atom is 0.426 e. The van der Waals surface area contributed by atoms with Crippen molar-refractivity contribution in [2.75, 3.05) is 0 Å². The Morgan fingerprint density at radius 2 is 1.91 bits per heavy atom. The van der Waals surface area contributed by atoms with Crippen molar-refractivity contribution in [3.05, 3.63) is 27.7 Å². The van der Waals surface area contributed by atoms with Crippen molar-refractivity contribution < 1.29 is 27.8 Å². The minimum atomic E-state index is -4.73. The van der Waals surface area contributed by atoms with E-state index in [1.165, 1.54) is 0 Å². The van der Waals surface area contributed by atoms with Gasteiger partial charge in [-0.2, -0.15) is 13.2 Å². The third kappa shape index (κ3) is 3.24. The van der Waals surface area contributed by atoms with E-state index in [1.807, 2.05) is 20.8 Å². The van der Waals surface area contributed by atoms with Crippen molar-refractivity contribution in [2.45, 2.75) is 44.9 Å². The zero-order chi connectivity index (χ0) is 16.9. The smallest absolute Gasteiger partial charge is 0.426 e. The minimum absolute atomic E-state index is 0.105. The van der Waals surface area contributed by atoms with E-state index in [2.05, 4.69) is 15.9 Å². The van der Waals surface area contributed by atoms with Gasteiger partial charge >= 0.3 is 12.1 Å². The molecule has 0 radical (unpaired) electrons. The summed E-state index contributed by atoms with van der Waals surface area (Å²) in [5.41, 5.74) is 0.989. The molecule has 0 aliphatic carbocycles. The molecule has 3 nitrogen and oxygen atoms in total. The lowest BCUT2D eigenvalue weighted by atomic mass is 9.84. The molecule has 2 rings (SSSR count). The monoisotopic (exact) mass is 380 g/mol. The van der Waals surface area contributed by atoms with Crippen LogP contribution in [0.15, 0.2) is 16.6 Å². The summed E-state index contributed by atoms with van der Waals surface area (Å²) >= 11 is 3.40. The van der Waals surface area contributed by atoms with E-state index < -0.39 is 24.2 Å². The number of carboxylic acid groups (broad SMARTS) is 1. The Balaban J connectivity index is 2.51. The first kappa shape index (κ1) is 17.1. The molecule has 0 unspecified atom stereocenters. The molecule has 22 heavy (non-hydrogen) atoms. The molecule has 0 fully saturated rings. The highest BCUT2D eigenvalue weighted by Gasteiger charge is 2.52. The molecular weight excluding hydrogens is 365 g/mol. The van der Waals surface area contributed by atoms with Gasteiger partial charge in [0.25, 0.3) is 0 Å². The van der Waals surface area contributed by atoms with Gasteiger partial charge in [-0.3, -0.25) is 4.79 Å². The molecule has 1 N–H and O–H groups in total. The maximum absolute atomic E-state index is 13.1. The third-order valence-electron chi connectivity index (χ3n) is 3.66. The zero-order valence-electron chi connectivity index (χ0n) is 12.3. The molecule has 1 aromatic rings. The van der Waals surface area contributed by atoms with Crippen molar-refractivity contribution in [3.63, 3.8) is 0 Å². The molecule has 2 atom stereocenters. The van der Waals surface area contributed by atoms with Crippen LogP contribution >= 0.6 is 15.9 Å². The van der Waals surface area contributed by atoms with Crippen molar-refractivity contribution in [3.8, 4) is 5.75 Å². The van der Waals surface area contributed by atoms with Crippen LogP contribution in [0.4, 0.5) is 13.2 Å². The van der Waals surface area contributed by atoms with Gasteiger partial charge in [0, 0.05) is 4.47 Å². The fourth-order valence-corrected chi connectivity index (χ4v) is 3.50. The van der Waals surface area contributed by atoms with Crippen LogP contribution in [-0.2, 0) is 16.6 Å². The molecule has 7 heteroatoms. The van der Waals surface area contributed by atoms with Crippen LogP contribution in [0.25, 0.3) is 0 Å². The number of fused-ring (bicyclic) bond motifs is 1. The minimum Gasteiger partial charge on any atom is -0.481 e. The summed E-state index contributed by atoms with van der Waals surface area (Å²) in [4.78, 5) is 11.1. The molecule has 0 spiro atoms. The van der Waals surface area contributed by atoms with Crippen molar-refractivity contribution in [2.24, 2.45) is 5.92 Å². The van der Waals surface area contributed by atoms with Gasteiger partial charge in [-0.15, -0.1) is 0 Å². The quantitative estimate of drug-likeness (QED) is 0.789. The molecule has 0 amide bonds. The number of halogens is 4. The molecule has 1 aromatic carbocycles. The molecule has 0 aromatic heterocycles. The Morgan fingerprint density at radius 3 is 2.36 bits per heavy atom. The Morgan fingerprint density at radius 1 is 1.32 bits per heavy atom. The van der Waals surface area contributed by atoms with Crippen molar-refractivity contribution in [1.82, 2.24) is 0 Å². The Kier molecular flexibility index (Phi) is 4.23. The number of ether oxygens (including phenoxy) is 1. The number of hydrogen-bond donors (Lipinski definition) is 1. The van der Waals surface area contributed by atoms with E-state index in [0.717, 1.165) is 10.0 Å².